The third-order valence-corrected chi connectivity index (χ3v) is 4.56. The number of hydrogen-bond donors (Lipinski definition) is 3. The minimum absolute atomic E-state index is 0.572. The van der Waals surface area contributed by atoms with Gasteiger partial charge in [-0.05, 0) is 53.6 Å². The summed E-state index contributed by atoms with van der Waals surface area (Å²) in [7, 11) is 3.23. The summed E-state index contributed by atoms with van der Waals surface area (Å²) in [6.07, 6.45) is 0. The van der Waals surface area contributed by atoms with Crippen molar-refractivity contribution in [3.63, 3.8) is 0 Å². The Bertz CT molecular complexity index is 1130. The summed E-state index contributed by atoms with van der Waals surface area (Å²) in [4.78, 5) is 8.06. The maximum Gasteiger partial charge on any atom is 0.161 e. The number of rotatable bonds is 4. The molecule has 3 aromatic carbocycles. The molecule has 27 heavy (non-hydrogen) atoms. The second-order valence-electron chi connectivity index (χ2n) is 6.23. The van der Waals surface area contributed by atoms with Gasteiger partial charge < -0.3 is 25.9 Å². The molecule has 0 aliphatic heterocycles. The van der Waals surface area contributed by atoms with Crippen LogP contribution in [-0.4, -0.2) is 24.2 Å². The fourth-order valence-corrected chi connectivity index (χ4v) is 3.06. The predicted molar refractivity (Wildman–Crippen MR) is 109 cm³/mol. The molecule has 1 heterocycles. The molecule has 0 saturated heterocycles. The number of nitrogens with one attached hydrogen (secondary N) is 1. The van der Waals surface area contributed by atoms with Gasteiger partial charge in [-0.2, -0.15) is 0 Å². The van der Waals surface area contributed by atoms with Crippen LogP contribution >= 0.6 is 0 Å². The van der Waals surface area contributed by atoms with E-state index in [9.17, 15) is 0 Å². The van der Waals surface area contributed by atoms with Gasteiger partial charge in [0.2, 0.25) is 0 Å². The van der Waals surface area contributed by atoms with Crippen LogP contribution in [0.15, 0.2) is 54.6 Å². The summed E-state index contributed by atoms with van der Waals surface area (Å²) < 4.78 is 10.7. The molecule has 6 nitrogen and oxygen atoms in total. The van der Waals surface area contributed by atoms with E-state index in [1.807, 2.05) is 48.5 Å². The highest BCUT2D eigenvalue weighted by Crippen LogP contribution is 2.33. The number of anilines is 2. The van der Waals surface area contributed by atoms with Crippen molar-refractivity contribution in [3.8, 4) is 34.0 Å². The van der Waals surface area contributed by atoms with Crippen molar-refractivity contribution in [2.75, 3.05) is 25.7 Å². The highest BCUT2D eigenvalue weighted by molar-refractivity contribution is 5.86. The summed E-state index contributed by atoms with van der Waals surface area (Å²) in [6, 6.07) is 17.4. The Morgan fingerprint density at radius 3 is 2.19 bits per heavy atom. The Balaban J connectivity index is 1.76. The first-order chi connectivity index (χ1) is 13.1. The van der Waals surface area contributed by atoms with Crippen LogP contribution in [0.4, 0.5) is 11.4 Å². The maximum absolute atomic E-state index is 5.93. The lowest BCUT2D eigenvalue weighted by molar-refractivity contribution is 0.355. The Morgan fingerprint density at radius 1 is 0.741 bits per heavy atom. The van der Waals surface area contributed by atoms with Gasteiger partial charge in [-0.25, -0.2) is 4.98 Å². The minimum atomic E-state index is 0.572. The molecule has 4 aromatic rings. The third kappa shape index (κ3) is 3.01. The minimum Gasteiger partial charge on any atom is -0.493 e. The number of nitrogens with two attached hydrogens (primary N) is 2. The molecule has 1 aromatic heterocycles. The summed E-state index contributed by atoms with van der Waals surface area (Å²) in [5.74, 6) is 2.11. The lowest BCUT2D eigenvalue weighted by Gasteiger charge is -2.08. The standard InChI is InChI=1S/C21H20N4O2/c1-26-19-8-5-14(11-20(19)27-2)21-24-17-7-4-13(10-18(17)25-21)12-3-6-15(22)16(23)9-12/h3-11H,22-23H2,1-2H3,(H,24,25). The van der Waals surface area contributed by atoms with E-state index in [0.29, 0.717) is 22.9 Å². The first-order valence-corrected chi connectivity index (χ1v) is 8.46. The molecule has 0 radical (unpaired) electrons. The van der Waals surface area contributed by atoms with Crippen LogP contribution in [0.1, 0.15) is 0 Å². The Hall–Kier alpha value is -3.67. The molecule has 136 valence electrons. The molecule has 0 saturated carbocycles. The SMILES string of the molecule is COc1ccc(-c2nc3ccc(-c4ccc(N)c(N)c4)cc3[nH]2)cc1OC. The molecule has 0 fully saturated rings. The number of ether oxygens (including phenoxy) is 2. The maximum atomic E-state index is 5.93. The number of benzene rings is 3. The van der Waals surface area contributed by atoms with E-state index in [2.05, 4.69) is 16.0 Å². The van der Waals surface area contributed by atoms with E-state index in [-0.39, 0.29) is 0 Å². The van der Waals surface area contributed by atoms with Crippen LogP contribution in [0.3, 0.4) is 0 Å². The van der Waals surface area contributed by atoms with Crippen LogP contribution in [0.25, 0.3) is 33.5 Å². The van der Waals surface area contributed by atoms with Gasteiger partial charge in [0.05, 0.1) is 36.6 Å². The van der Waals surface area contributed by atoms with Gasteiger partial charge in [-0.1, -0.05) is 12.1 Å². The fourth-order valence-electron chi connectivity index (χ4n) is 3.06. The lowest BCUT2D eigenvalue weighted by Crippen LogP contribution is -1.94. The van der Waals surface area contributed by atoms with Gasteiger partial charge in [-0.3, -0.25) is 0 Å². The smallest absolute Gasteiger partial charge is 0.161 e. The van der Waals surface area contributed by atoms with Crippen molar-refractivity contribution in [1.29, 1.82) is 0 Å². The van der Waals surface area contributed by atoms with E-state index in [1.165, 1.54) is 0 Å². The molecule has 0 aliphatic rings. The van der Waals surface area contributed by atoms with Gasteiger partial charge in [-0.15, -0.1) is 0 Å². The molecule has 0 unspecified atom stereocenters. The lowest BCUT2D eigenvalue weighted by atomic mass is 10.0. The van der Waals surface area contributed by atoms with Crippen molar-refractivity contribution in [1.82, 2.24) is 9.97 Å². The molecule has 0 aliphatic carbocycles. The fraction of sp³-hybridized carbons (Fsp3) is 0.0952. The van der Waals surface area contributed by atoms with Crippen LogP contribution in [0.5, 0.6) is 11.5 Å². The van der Waals surface area contributed by atoms with Crippen LogP contribution < -0.4 is 20.9 Å². The Morgan fingerprint density at radius 2 is 1.44 bits per heavy atom. The number of aromatic amines is 1. The zero-order chi connectivity index (χ0) is 19.0. The molecular weight excluding hydrogens is 340 g/mol. The van der Waals surface area contributed by atoms with Crippen molar-refractivity contribution >= 4 is 22.4 Å². The van der Waals surface area contributed by atoms with E-state index < -0.39 is 0 Å². The highest BCUT2D eigenvalue weighted by atomic mass is 16.5. The van der Waals surface area contributed by atoms with Crippen molar-refractivity contribution < 1.29 is 9.47 Å². The average molecular weight is 360 g/mol. The number of aromatic nitrogens is 2. The zero-order valence-electron chi connectivity index (χ0n) is 15.1. The van der Waals surface area contributed by atoms with Crippen LogP contribution in [0.2, 0.25) is 0 Å². The van der Waals surface area contributed by atoms with E-state index in [0.717, 1.165) is 33.5 Å². The zero-order valence-corrected chi connectivity index (χ0v) is 15.1. The van der Waals surface area contributed by atoms with Crippen molar-refractivity contribution in [2.45, 2.75) is 0 Å². The average Bonchev–Trinajstić information content (AvgIpc) is 3.12. The number of nitrogen functional groups attached to an aromatic ring is 2. The molecule has 5 N–H and O–H groups in total. The predicted octanol–water partition coefficient (Wildman–Crippen LogP) is 4.08. The second kappa shape index (κ2) is 6.57. The normalized spacial score (nSPS) is 10.9. The van der Waals surface area contributed by atoms with Gasteiger partial charge in [0, 0.05) is 5.56 Å². The highest BCUT2D eigenvalue weighted by Gasteiger charge is 2.11. The Kier molecular flexibility index (Phi) is 4.08. The largest absolute Gasteiger partial charge is 0.493 e. The molecule has 0 atom stereocenters. The molecule has 0 amide bonds. The number of methoxy groups -OCH3 is 2. The van der Waals surface area contributed by atoms with Gasteiger partial charge in [0.1, 0.15) is 5.82 Å². The Labute approximate surface area is 156 Å². The third-order valence-electron chi connectivity index (χ3n) is 4.56. The number of H-pyrrole nitrogens is 1. The molecule has 4 rings (SSSR count). The van der Waals surface area contributed by atoms with E-state index in [1.54, 1.807) is 14.2 Å². The summed E-state index contributed by atoms with van der Waals surface area (Å²) >= 11 is 0. The number of nitrogens with zero attached hydrogens (tertiary/aromatic N) is 1. The van der Waals surface area contributed by atoms with Gasteiger partial charge in [0.25, 0.3) is 0 Å². The van der Waals surface area contributed by atoms with Crippen molar-refractivity contribution in [2.24, 2.45) is 0 Å². The first kappa shape index (κ1) is 16.8. The number of hydrogen-bond acceptors (Lipinski definition) is 5. The topological polar surface area (TPSA) is 99.2 Å². The van der Waals surface area contributed by atoms with E-state index >= 15 is 0 Å². The number of fused-ring (bicyclic) bond motifs is 1. The molecule has 0 spiro atoms. The van der Waals surface area contributed by atoms with E-state index in [4.69, 9.17) is 20.9 Å². The summed E-state index contributed by atoms with van der Waals surface area (Å²) in [5.41, 5.74) is 17.7. The summed E-state index contributed by atoms with van der Waals surface area (Å²) in [5, 5.41) is 0. The number of imidazole rings is 1. The van der Waals surface area contributed by atoms with Crippen LogP contribution in [-0.2, 0) is 0 Å². The van der Waals surface area contributed by atoms with Crippen molar-refractivity contribution in [3.05, 3.63) is 54.6 Å². The monoisotopic (exact) mass is 360 g/mol. The molecular formula is C21H20N4O2. The second-order valence-corrected chi connectivity index (χ2v) is 6.23. The first-order valence-electron chi connectivity index (χ1n) is 8.46. The molecule has 0 bridgehead atoms. The van der Waals surface area contributed by atoms with Gasteiger partial charge in [0.15, 0.2) is 11.5 Å². The quantitative estimate of drug-likeness (QED) is 0.476. The van der Waals surface area contributed by atoms with Crippen LogP contribution in [0, 0.1) is 0 Å². The molecule has 6 heteroatoms. The van der Waals surface area contributed by atoms with Gasteiger partial charge >= 0.3 is 0 Å². The summed E-state index contributed by atoms with van der Waals surface area (Å²) in [6.45, 7) is 0.